The molecule has 1 heterocycles. The second kappa shape index (κ2) is 7.54. The molecule has 104 valence electrons. The summed E-state index contributed by atoms with van der Waals surface area (Å²) in [6.07, 6.45) is 0.832. The lowest BCUT2D eigenvalue weighted by atomic mass is 10.3. The highest BCUT2D eigenvalue weighted by atomic mass is 32.2. The van der Waals surface area contributed by atoms with E-state index >= 15 is 0 Å². The third-order valence-electron chi connectivity index (χ3n) is 2.14. The first-order chi connectivity index (χ1) is 9.10. The number of amidine groups is 1. The van der Waals surface area contributed by atoms with E-state index in [4.69, 9.17) is 15.7 Å². The molecule has 0 spiro atoms. The van der Waals surface area contributed by atoms with E-state index in [0.29, 0.717) is 11.6 Å². The van der Waals surface area contributed by atoms with Gasteiger partial charge in [-0.25, -0.2) is 4.98 Å². The van der Waals surface area contributed by atoms with E-state index in [1.54, 1.807) is 7.11 Å². The number of hydrogen-bond donors (Lipinski definition) is 2. The minimum absolute atomic E-state index is 0.135. The summed E-state index contributed by atoms with van der Waals surface area (Å²) in [6.45, 7) is 0.632. The summed E-state index contributed by atoms with van der Waals surface area (Å²) < 4.78 is 4.91. The SMILES string of the molecule is COCCCSc1ccc([N+](=O)[O-])c(/C(N)=N/O)n1. The van der Waals surface area contributed by atoms with Crippen LogP contribution in [0.15, 0.2) is 22.3 Å². The molecule has 0 saturated carbocycles. The van der Waals surface area contributed by atoms with Gasteiger partial charge in [0.15, 0.2) is 11.5 Å². The summed E-state index contributed by atoms with van der Waals surface area (Å²) in [5.74, 6) is 0.375. The maximum absolute atomic E-state index is 10.8. The second-order valence-electron chi connectivity index (χ2n) is 3.45. The van der Waals surface area contributed by atoms with E-state index in [2.05, 4.69) is 10.1 Å². The molecule has 0 aliphatic carbocycles. The Labute approximate surface area is 113 Å². The average molecular weight is 286 g/mol. The topological polar surface area (TPSA) is 124 Å². The van der Waals surface area contributed by atoms with Gasteiger partial charge in [-0.1, -0.05) is 5.16 Å². The zero-order valence-electron chi connectivity index (χ0n) is 10.3. The van der Waals surface area contributed by atoms with Crippen LogP contribution in [-0.4, -0.2) is 40.4 Å². The van der Waals surface area contributed by atoms with Crippen LogP contribution in [0.1, 0.15) is 12.1 Å². The van der Waals surface area contributed by atoms with Crippen LogP contribution in [0.3, 0.4) is 0 Å². The first kappa shape index (κ1) is 15.2. The number of hydrogen-bond acceptors (Lipinski definition) is 7. The molecule has 1 aromatic rings. The summed E-state index contributed by atoms with van der Waals surface area (Å²) in [5.41, 5.74) is 4.95. The van der Waals surface area contributed by atoms with Crippen LogP contribution in [0.25, 0.3) is 0 Å². The minimum atomic E-state index is -0.625. The Balaban J connectivity index is 2.89. The van der Waals surface area contributed by atoms with Crippen LogP contribution in [0.4, 0.5) is 5.69 Å². The van der Waals surface area contributed by atoms with Crippen molar-refractivity contribution in [1.82, 2.24) is 4.98 Å². The van der Waals surface area contributed by atoms with Crippen molar-refractivity contribution in [2.45, 2.75) is 11.4 Å². The number of methoxy groups -OCH3 is 1. The first-order valence-corrected chi connectivity index (χ1v) is 6.33. The molecule has 0 aromatic carbocycles. The van der Waals surface area contributed by atoms with Gasteiger partial charge in [-0.15, -0.1) is 11.8 Å². The lowest BCUT2D eigenvalue weighted by Gasteiger charge is -2.04. The third-order valence-corrected chi connectivity index (χ3v) is 3.15. The van der Waals surface area contributed by atoms with Gasteiger partial charge >= 0.3 is 0 Å². The summed E-state index contributed by atoms with van der Waals surface area (Å²) >= 11 is 1.42. The molecular formula is C10H14N4O4S. The Hall–Kier alpha value is -1.87. The Bertz CT molecular complexity index is 481. The second-order valence-corrected chi connectivity index (χ2v) is 4.57. The fraction of sp³-hybridized carbons (Fsp3) is 0.400. The first-order valence-electron chi connectivity index (χ1n) is 5.35. The number of nitro groups is 1. The normalized spacial score (nSPS) is 11.5. The summed E-state index contributed by atoms with van der Waals surface area (Å²) in [7, 11) is 1.62. The van der Waals surface area contributed by atoms with Crippen LogP contribution < -0.4 is 5.73 Å². The van der Waals surface area contributed by atoms with Crippen molar-refractivity contribution in [1.29, 1.82) is 0 Å². The van der Waals surface area contributed by atoms with Crippen molar-refractivity contribution in [3.63, 3.8) is 0 Å². The van der Waals surface area contributed by atoms with Crippen LogP contribution in [0.5, 0.6) is 0 Å². The maximum Gasteiger partial charge on any atom is 0.298 e. The number of aromatic nitrogens is 1. The number of pyridine rings is 1. The number of oxime groups is 1. The molecule has 0 bridgehead atoms. The van der Waals surface area contributed by atoms with Gasteiger partial charge in [0.05, 0.1) is 9.95 Å². The van der Waals surface area contributed by atoms with Crippen LogP contribution in [0, 0.1) is 10.1 Å². The quantitative estimate of drug-likeness (QED) is 0.147. The zero-order chi connectivity index (χ0) is 14.3. The molecule has 9 heteroatoms. The molecule has 0 aliphatic heterocycles. The standard InChI is InChI=1S/C10H14N4O4S/c1-18-5-2-6-19-8-4-3-7(14(16)17)9(12-8)10(11)13-15/h3-4,15H,2,5-6H2,1H3,(H2,11,13). The predicted molar refractivity (Wildman–Crippen MR) is 70.6 cm³/mol. The Morgan fingerprint density at radius 3 is 3.00 bits per heavy atom. The molecule has 0 atom stereocenters. The number of thioether (sulfide) groups is 1. The minimum Gasteiger partial charge on any atom is -0.409 e. The van der Waals surface area contributed by atoms with Crippen molar-refractivity contribution in [2.75, 3.05) is 19.5 Å². The summed E-state index contributed by atoms with van der Waals surface area (Å²) in [6, 6.07) is 2.82. The molecule has 0 fully saturated rings. The smallest absolute Gasteiger partial charge is 0.298 e. The molecule has 1 aromatic heterocycles. The number of nitrogens with zero attached hydrogens (tertiary/aromatic N) is 3. The predicted octanol–water partition coefficient (Wildman–Crippen LogP) is 1.21. The van der Waals surface area contributed by atoms with E-state index in [1.165, 1.54) is 23.9 Å². The van der Waals surface area contributed by atoms with Crippen LogP contribution in [0.2, 0.25) is 0 Å². The van der Waals surface area contributed by atoms with Gasteiger partial charge in [-0.2, -0.15) is 0 Å². The van der Waals surface area contributed by atoms with Gasteiger partial charge in [-0.3, -0.25) is 10.1 Å². The zero-order valence-corrected chi connectivity index (χ0v) is 11.1. The van der Waals surface area contributed by atoms with Crippen molar-refractivity contribution in [2.24, 2.45) is 10.9 Å². The van der Waals surface area contributed by atoms with E-state index in [1.807, 2.05) is 0 Å². The largest absolute Gasteiger partial charge is 0.409 e. The lowest BCUT2D eigenvalue weighted by molar-refractivity contribution is -0.385. The number of ether oxygens (including phenoxy) is 1. The van der Waals surface area contributed by atoms with Gasteiger partial charge in [-0.05, 0) is 12.5 Å². The van der Waals surface area contributed by atoms with Gasteiger partial charge < -0.3 is 15.7 Å². The summed E-state index contributed by atoms with van der Waals surface area (Å²) in [5, 5.41) is 22.7. The molecule has 3 N–H and O–H groups in total. The fourth-order valence-corrected chi connectivity index (χ4v) is 2.07. The number of nitrogens with two attached hydrogens (primary N) is 1. The van der Waals surface area contributed by atoms with E-state index in [9.17, 15) is 10.1 Å². The van der Waals surface area contributed by atoms with Crippen LogP contribution >= 0.6 is 11.8 Å². The summed E-state index contributed by atoms with van der Waals surface area (Å²) in [4.78, 5) is 14.2. The average Bonchev–Trinajstić information content (AvgIpc) is 2.42. The van der Waals surface area contributed by atoms with E-state index in [-0.39, 0.29) is 17.2 Å². The van der Waals surface area contributed by atoms with Crippen molar-refractivity contribution in [3.8, 4) is 0 Å². The monoisotopic (exact) mass is 286 g/mol. The molecule has 0 aliphatic rings. The number of rotatable bonds is 7. The van der Waals surface area contributed by atoms with Crippen molar-refractivity contribution in [3.05, 3.63) is 27.9 Å². The maximum atomic E-state index is 10.8. The highest BCUT2D eigenvalue weighted by molar-refractivity contribution is 7.99. The Morgan fingerprint density at radius 2 is 2.42 bits per heavy atom. The van der Waals surface area contributed by atoms with E-state index in [0.717, 1.165) is 12.2 Å². The molecule has 19 heavy (non-hydrogen) atoms. The van der Waals surface area contributed by atoms with Gasteiger partial charge in [0.25, 0.3) is 5.69 Å². The molecule has 0 saturated heterocycles. The molecule has 0 unspecified atom stereocenters. The molecule has 0 radical (unpaired) electrons. The van der Waals surface area contributed by atoms with Crippen LogP contribution in [-0.2, 0) is 4.74 Å². The van der Waals surface area contributed by atoms with Crippen molar-refractivity contribution < 1.29 is 14.9 Å². The Kier molecular flexibility index (Phi) is 6.03. The van der Waals surface area contributed by atoms with E-state index < -0.39 is 4.92 Å². The van der Waals surface area contributed by atoms with Gasteiger partial charge in [0, 0.05) is 25.5 Å². The third kappa shape index (κ3) is 4.38. The molecule has 0 amide bonds. The highest BCUT2D eigenvalue weighted by Crippen LogP contribution is 2.22. The Morgan fingerprint density at radius 1 is 1.68 bits per heavy atom. The van der Waals surface area contributed by atoms with Gasteiger partial charge in [0.1, 0.15) is 0 Å². The molecular weight excluding hydrogens is 272 g/mol. The fourth-order valence-electron chi connectivity index (χ4n) is 1.28. The van der Waals surface area contributed by atoms with Gasteiger partial charge in [0.2, 0.25) is 0 Å². The lowest BCUT2D eigenvalue weighted by Crippen LogP contribution is -2.17. The molecule has 1 rings (SSSR count). The highest BCUT2D eigenvalue weighted by Gasteiger charge is 2.19. The molecule has 8 nitrogen and oxygen atoms in total. The van der Waals surface area contributed by atoms with Crippen molar-refractivity contribution >= 4 is 23.3 Å².